The van der Waals surface area contributed by atoms with Crippen LogP contribution in [0.3, 0.4) is 0 Å². The number of carboxylic acid groups (broad SMARTS) is 1. The molecule has 0 aliphatic carbocycles. The van der Waals surface area contributed by atoms with Gasteiger partial charge in [0, 0.05) is 10.5 Å². The number of benzene rings is 1. The first-order valence-corrected chi connectivity index (χ1v) is 4.81. The second-order valence-electron chi connectivity index (χ2n) is 3.04. The molecule has 0 radical (unpaired) electrons. The van der Waals surface area contributed by atoms with Gasteiger partial charge >= 0.3 is 12.6 Å². The van der Waals surface area contributed by atoms with E-state index in [1.54, 1.807) is 6.07 Å². The number of halogens is 2. The van der Waals surface area contributed by atoms with Crippen LogP contribution in [0, 0.1) is 11.3 Å². The van der Waals surface area contributed by atoms with E-state index in [0.29, 0.717) is 4.90 Å². The van der Waals surface area contributed by atoms with Crippen LogP contribution in [0.25, 0.3) is 0 Å². The Kier molecular flexibility index (Phi) is 4.29. The predicted octanol–water partition coefficient (Wildman–Crippen LogP) is 2.08. The number of carbonyl (C=O) groups is 1. The third-order valence-electron chi connectivity index (χ3n) is 1.82. The maximum atomic E-state index is 12.2. The molecule has 0 fully saturated rings. The number of hydrogen-bond donors (Lipinski definition) is 2. The fraction of sp³-hybridized carbons (Fsp3) is 0.200. The zero-order valence-corrected chi connectivity index (χ0v) is 9.25. The Morgan fingerprint density at radius 1 is 1.59 bits per heavy atom. The lowest BCUT2D eigenvalue weighted by Gasteiger charge is -2.11. The van der Waals surface area contributed by atoms with E-state index in [9.17, 15) is 13.6 Å². The van der Waals surface area contributed by atoms with Crippen molar-refractivity contribution in [1.82, 2.24) is 0 Å². The van der Waals surface area contributed by atoms with Crippen LogP contribution in [0.4, 0.5) is 8.78 Å². The second-order valence-corrected chi connectivity index (χ2v) is 3.56. The highest BCUT2D eigenvalue weighted by Gasteiger charge is 2.17. The first kappa shape index (κ1) is 13.3. The Morgan fingerprint density at radius 2 is 2.24 bits per heavy atom. The van der Waals surface area contributed by atoms with Crippen LogP contribution in [0.15, 0.2) is 17.0 Å². The van der Waals surface area contributed by atoms with Gasteiger partial charge in [0.05, 0.1) is 12.0 Å². The molecule has 7 heteroatoms. The summed E-state index contributed by atoms with van der Waals surface area (Å²) in [5, 5.41) is 17.4. The zero-order chi connectivity index (χ0) is 13.0. The van der Waals surface area contributed by atoms with Crippen LogP contribution in [0.1, 0.15) is 11.1 Å². The van der Waals surface area contributed by atoms with E-state index in [0.717, 1.165) is 0 Å². The quantitative estimate of drug-likeness (QED) is 0.812. The third kappa shape index (κ3) is 3.60. The first-order valence-electron chi connectivity index (χ1n) is 4.36. The summed E-state index contributed by atoms with van der Waals surface area (Å²) in [6, 6.07) is 4.16. The van der Waals surface area contributed by atoms with E-state index in [1.807, 2.05) is 0 Å². The Hall–Kier alpha value is -1.81. The van der Waals surface area contributed by atoms with Gasteiger partial charge in [-0.1, -0.05) is 0 Å². The third-order valence-corrected chi connectivity index (χ3v) is 2.08. The average molecular weight is 259 g/mol. The number of aliphatic carboxylic acids is 1. The molecule has 17 heavy (non-hydrogen) atoms. The molecule has 1 rings (SSSR count). The molecule has 0 saturated heterocycles. The van der Waals surface area contributed by atoms with Crippen molar-refractivity contribution in [2.45, 2.75) is 17.9 Å². The molecule has 0 saturated carbocycles. The van der Waals surface area contributed by atoms with E-state index >= 15 is 0 Å². The molecule has 4 nitrogen and oxygen atoms in total. The molecule has 0 spiro atoms. The van der Waals surface area contributed by atoms with E-state index in [4.69, 9.17) is 10.4 Å². The van der Waals surface area contributed by atoms with Crippen LogP contribution in [0.2, 0.25) is 0 Å². The molecule has 1 N–H and O–H groups in total. The lowest BCUT2D eigenvalue weighted by molar-refractivity contribution is -0.136. The zero-order valence-electron chi connectivity index (χ0n) is 8.35. The molecule has 0 aromatic heterocycles. The highest BCUT2D eigenvalue weighted by atomic mass is 32.1. The van der Waals surface area contributed by atoms with Crippen molar-refractivity contribution in [3.63, 3.8) is 0 Å². The lowest BCUT2D eigenvalue weighted by Crippen LogP contribution is -2.09. The van der Waals surface area contributed by atoms with Crippen molar-refractivity contribution in [3.05, 3.63) is 23.3 Å². The molecule has 0 aliphatic heterocycles. The van der Waals surface area contributed by atoms with Gasteiger partial charge in [0.15, 0.2) is 0 Å². The van der Waals surface area contributed by atoms with Crippen molar-refractivity contribution in [3.8, 4) is 11.8 Å². The molecule has 90 valence electrons. The van der Waals surface area contributed by atoms with Gasteiger partial charge in [-0.3, -0.25) is 4.79 Å². The monoisotopic (exact) mass is 259 g/mol. The van der Waals surface area contributed by atoms with Crippen molar-refractivity contribution < 1.29 is 23.4 Å². The van der Waals surface area contributed by atoms with Gasteiger partial charge in [0.2, 0.25) is 0 Å². The summed E-state index contributed by atoms with van der Waals surface area (Å²) in [5.74, 6) is -1.63. The van der Waals surface area contributed by atoms with Crippen LogP contribution in [-0.4, -0.2) is 17.7 Å². The van der Waals surface area contributed by atoms with Crippen molar-refractivity contribution in [1.29, 1.82) is 5.26 Å². The number of nitrogens with zero attached hydrogens (tertiary/aromatic N) is 1. The molecule has 0 aliphatic rings. The first-order chi connectivity index (χ1) is 7.93. The van der Waals surface area contributed by atoms with Crippen LogP contribution >= 0.6 is 12.6 Å². The molecule has 0 atom stereocenters. The number of alkyl halides is 2. The molecule has 0 heterocycles. The van der Waals surface area contributed by atoms with Gasteiger partial charge in [-0.25, -0.2) is 0 Å². The summed E-state index contributed by atoms with van der Waals surface area (Å²) in [5.41, 5.74) is -0.184. The number of thiol groups is 1. The lowest BCUT2D eigenvalue weighted by atomic mass is 10.1. The summed E-state index contributed by atoms with van der Waals surface area (Å²) in [6.07, 6.45) is -0.523. The molecular formula is C10H7F2NO3S. The van der Waals surface area contributed by atoms with Crippen LogP contribution < -0.4 is 4.74 Å². The van der Waals surface area contributed by atoms with Gasteiger partial charge in [-0.15, -0.1) is 12.6 Å². The minimum absolute atomic E-state index is 0.0122. The highest BCUT2D eigenvalue weighted by Crippen LogP contribution is 2.29. The molecule has 0 bridgehead atoms. The van der Waals surface area contributed by atoms with Gasteiger partial charge in [0.25, 0.3) is 0 Å². The highest BCUT2D eigenvalue weighted by molar-refractivity contribution is 7.80. The van der Waals surface area contributed by atoms with Crippen molar-refractivity contribution >= 4 is 18.6 Å². The Labute approximate surface area is 101 Å². The van der Waals surface area contributed by atoms with Crippen molar-refractivity contribution in [2.75, 3.05) is 0 Å². The minimum Gasteiger partial charge on any atom is -0.481 e. The largest absolute Gasteiger partial charge is 0.481 e. The van der Waals surface area contributed by atoms with Gasteiger partial charge in [0.1, 0.15) is 11.8 Å². The smallest absolute Gasteiger partial charge is 0.387 e. The second kappa shape index (κ2) is 5.50. The summed E-state index contributed by atoms with van der Waals surface area (Å²) >= 11 is 3.95. The fourth-order valence-electron chi connectivity index (χ4n) is 1.28. The maximum Gasteiger partial charge on any atom is 0.387 e. The predicted molar refractivity (Wildman–Crippen MR) is 56.4 cm³/mol. The SMILES string of the molecule is N#Cc1cc(S)cc(CC(=O)O)c1OC(F)F. The minimum atomic E-state index is -3.12. The standard InChI is InChI=1S/C10H7F2NO3S/c11-10(12)16-9-5(3-8(14)15)1-7(17)2-6(9)4-13/h1-2,10,17H,3H2,(H,14,15). The Morgan fingerprint density at radius 3 is 2.71 bits per heavy atom. The molecule has 1 aromatic rings. The van der Waals surface area contributed by atoms with Gasteiger partial charge < -0.3 is 9.84 Å². The summed E-state index contributed by atoms with van der Waals surface area (Å²) < 4.78 is 28.5. The normalized spacial score (nSPS) is 10.1. The van der Waals surface area contributed by atoms with E-state index in [2.05, 4.69) is 17.4 Å². The van der Waals surface area contributed by atoms with E-state index in [1.165, 1.54) is 12.1 Å². The summed E-state index contributed by atoms with van der Waals surface area (Å²) in [6.45, 7) is -3.12. The van der Waals surface area contributed by atoms with Gasteiger partial charge in [-0.2, -0.15) is 14.0 Å². The number of hydrogen-bond acceptors (Lipinski definition) is 4. The molecule has 0 amide bonds. The van der Waals surface area contributed by atoms with Crippen LogP contribution in [0.5, 0.6) is 5.75 Å². The van der Waals surface area contributed by atoms with Crippen LogP contribution in [-0.2, 0) is 11.2 Å². The number of nitriles is 1. The van der Waals surface area contributed by atoms with Crippen molar-refractivity contribution in [2.24, 2.45) is 0 Å². The summed E-state index contributed by atoms with van der Waals surface area (Å²) in [7, 11) is 0. The average Bonchev–Trinajstić information content (AvgIpc) is 2.20. The molecular weight excluding hydrogens is 252 g/mol. The topological polar surface area (TPSA) is 70.3 Å². The number of carboxylic acids is 1. The Balaban J connectivity index is 3.28. The van der Waals surface area contributed by atoms with Gasteiger partial charge in [-0.05, 0) is 12.1 Å². The number of rotatable bonds is 4. The maximum absolute atomic E-state index is 12.2. The van der Waals surface area contributed by atoms with E-state index in [-0.39, 0.29) is 11.1 Å². The molecule has 1 aromatic carbocycles. The number of ether oxygens (including phenoxy) is 1. The fourth-order valence-corrected chi connectivity index (χ4v) is 1.56. The molecule has 0 unspecified atom stereocenters. The van der Waals surface area contributed by atoms with E-state index < -0.39 is 24.8 Å². The Bertz CT molecular complexity index is 485. The summed E-state index contributed by atoms with van der Waals surface area (Å²) in [4.78, 5) is 10.9.